The van der Waals surface area contributed by atoms with Crippen molar-refractivity contribution in [2.45, 2.75) is 4.90 Å². The maximum Gasteiger partial charge on any atom is 0.264 e. The van der Waals surface area contributed by atoms with Gasteiger partial charge in [-0.05, 0) is 65.4 Å². The number of fused-ring (bicyclic) bond motifs is 1. The van der Waals surface area contributed by atoms with E-state index >= 15 is 0 Å². The number of carbonyl (C=O) groups excluding carboxylic acids is 2. The largest absolute Gasteiger partial charge is 0.343 e. The molecule has 3 aromatic carbocycles. The number of benzene rings is 3. The van der Waals surface area contributed by atoms with Gasteiger partial charge in [-0.25, -0.2) is 13.1 Å². The molecule has 0 saturated heterocycles. The van der Waals surface area contributed by atoms with Gasteiger partial charge in [-0.3, -0.25) is 19.0 Å². The zero-order chi connectivity index (χ0) is 24.3. The van der Waals surface area contributed by atoms with E-state index in [-0.39, 0.29) is 16.0 Å². The summed E-state index contributed by atoms with van der Waals surface area (Å²) in [7, 11) is -4.13. The normalized spacial score (nSPS) is 11.2. The van der Waals surface area contributed by atoms with Gasteiger partial charge in [0.1, 0.15) is 0 Å². The number of halogens is 1. The average molecular weight is 496 g/mol. The number of aromatic nitrogens is 1. The van der Waals surface area contributed by atoms with Crippen molar-refractivity contribution < 1.29 is 18.0 Å². The van der Waals surface area contributed by atoms with Crippen LogP contribution in [0.3, 0.4) is 0 Å². The molecule has 2 N–H and O–H groups in total. The first-order valence-corrected chi connectivity index (χ1v) is 11.9. The first kappa shape index (κ1) is 23.2. The van der Waals surface area contributed by atoms with Crippen molar-refractivity contribution in [3.8, 4) is 5.69 Å². The number of rotatable bonds is 6. The molecular formula is C24H18ClN3O5S. The quantitative estimate of drug-likeness (QED) is 0.427. The third-order valence-corrected chi connectivity index (χ3v) is 6.58. The molecule has 0 saturated carbocycles. The zero-order valence-electron chi connectivity index (χ0n) is 17.6. The van der Waals surface area contributed by atoms with E-state index in [9.17, 15) is 22.8 Å². The first-order chi connectivity index (χ1) is 16.2. The van der Waals surface area contributed by atoms with Crippen LogP contribution in [0, 0.1) is 0 Å². The summed E-state index contributed by atoms with van der Waals surface area (Å²) in [5, 5.41) is 4.31. The van der Waals surface area contributed by atoms with Gasteiger partial charge in [0.05, 0.1) is 11.4 Å². The summed E-state index contributed by atoms with van der Waals surface area (Å²) in [5.41, 5.74) is 0.605. The van der Waals surface area contributed by atoms with E-state index in [1.807, 2.05) is 4.72 Å². The monoisotopic (exact) mass is 495 g/mol. The number of hydrogen-bond donors (Lipinski definition) is 2. The van der Waals surface area contributed by atoms with Crippen LogP contribution in [0.4, 0.5) is 0 Å². The Hall–Kier alpha value is -3.95. The van der Waals surface area contributed by atoms with Gasteiger partial charge in [0.25, 0.3) is 27.4 Å². The van der Waals surface area contributed by atoms with E-state index in [0.29, 0.717) is 16.1 Å². The molecule has 172 valence electrons. The Morgan fingerprint density at radius 2 is 1.59 bits per heavy atom. The van der Waals surface area contributed by atoms with Crippen molar-refractivity contribution >= 4 is 44.2 Å². The van der Waals surface area contributed by atoms with Gasteiger partial charge in [-0.1, -0.05) is 29.8 Å². The molecule has 0 radical (unpaired) electrons. The Morgan fingerprint density at radius 3 is 2.32 bits per heavy atom. The van der Waals surface area contributed by atoms with Crippen LogP contribution in [0.25, 0.3) is 16.5 Å². The molecule has 2 amide bonds. The fourth-order valence-corrected chi connectivity index (χ4v) is 4.48. The molecule has 8 nitrogen and oxygen atoms in total. The van der Waals surface area contributed by atoms with Gasteiger partial charge in [0.2, 0.25) is 0 Å². The lowest BCUT2D eigenvalue weighted by atomic mass is 10.1. The average Bonchev–Trinajstić information content (AvgIpc) is 2.82. The van der Waals surface area contributed by atoms with Gasteiger partial charge >= 0.3 is 0 Å². The van der Waals surface area contributed by atoms with Crippen molar-refractivity contribution in [2.24, 2.45) is 0 Å². The van der Waals surface area contributed by atoms with Crippen LogP contribution in [-0.4, -0.2) is 31.3 Å². The van der Waals surface area contributed by atoms with Gasteiger partial charge in [-0.15, -0.1) is 0 Å². The van der Waals surface area contributed by atoms with E-state index in [0.717, 1.165) is 5.39 Å². The van der Waals surface area contributed by atoms with Crippen LogP contribution in [0.1, 0.15) is 10.4 Å². The lowest BCUT2D eigenvalue weighted by molar-refractivity contribution is -0.118. The maximum absolute atomic E-state index is 12.6. The first-order valence-electron chi connectivity index (χ1n) is 10.0. The van der Waals surface area contributed by atoms with Crippen LogP contribution in [0.5, 0.6) is 0 Å². The Kier molecular flexibility index (Phi) is 6.49. The fraction of sp³-hybridized carbons (Fsp3) is 0.0417. The van der Waals surface area contributed by atoms with Crippen molar-refractivity contribution in [1.29, 1.82) is 0 Å². The highest BCUT2D eigenvalue weighted by molar-refractivity contribution is 7.90. The number of sulfonamides is 1. The van der Waals surface area contributed by atoms with E-state index in [4.69, 9.17) is 11.6 Å². The number of amides is 2. The highest BCUT2D eigenvalue weighted by Crippen LogP contribution is 2.22. The Balaban J connectivity index is 1.38. The zero-order valence-corrected chi connectivity index (χ0v) is 19.1. The third kappa shape index (κ3) is 5.16. The van der Waals surface area contributed by atoms with Gasteiger partial charge in [0, 0.05) is 28.5 Å². The van der Waals surface area contributed by atoms with E-state index in [2.05, 4.69) is 5.32 Å². The molecule has 0 bridgehead atoms. The molecule has 0 spiro atoms. The van der Waals surface area contributed by atoms with Gasteiger partial charge < -0.3 is 5.32 Å². The highest BCUT2D eigenvalue weighted by Gasteiger charge is 2.19. The summed E-state index contributed by atoms with van der Waals surface area (Å²) in [4.78, 5) is 36.4. The second-order valence-electron chi connectivity index (χ2n) is 7.32. The topological polar surface area (TPSA) is 114 Å². The van der Waals surface area contributed by atoms with Crippen LogP contribution < -0.4 is 15.6 Å². The van der Waals surface area contributed by atoms with Crippen molar-refractivity contribution in [1.82, 2.24) is 14.6 Å². The molecule has 0 unspecified atom stereocenters. The Morgan fingerprint density at radius 1 is 0.882 bits per heavy atom. The molecule has 0 fully saturated rings. The SMILES string of the molecule is O=C(CNC(=O)c1ccc(-n2ccccc2=O)cc1)NS(=O)(=O)c1ccc2cc(Cl)ccc2c1. The molecule has 1 aromatic heterocycles. The molecule has 34 heavy (non-hydrogen) atoms. The van der Waals surface area contributed by atoms with E-state index < -0.39 is 28.4 Å². The third-order valence-electron chi connectivity index (χ3n) is 4.97. The summed E-state index contributed by atoms with van der Waals surface area (Å²) >= 11 is 5.94. The smallest absolute Gasteiger partial charge is 0.264 e. The van der Waals surface area contributed by atoms with Crippen LogP contribution in [0.15, 0.2) is 94.7 Å². The molecule has 0 aliphatic rings. The van der Waals surface area contributed by atoms with E-state index in [1.165, 1.54) is 34.9 Å². The van der Waals surface area contributed by atoms with Crippen molar-refractivity contribution in [3.05, 3.63) is 106 Å². The summed E-state index contributed by atoms with van der Waals surface area (Å²) < 4.78 is 28.5. The van der Waals surface area contributed by atoms with Crippen molar-refractivity contribution in [3.63, 3.8) is 0 Å². The minimum atomic E-state index is -4.13. The molecule has 0 aliphatic carbocycles. The maximum atomic E-state index is 12.6. The van der Waals surface area contributed by atoms with Crippen molar-refractivity contribution in [2.75, 3.05) is 6.54 Å². The number of nitrogens with zero attached hydrogens (tertiary/aromatic N) is 1. The minimum absolute atomic E-state index is 0.0891. The lowest BCUT2D eigenvalue weighted by Gasteiger charge is -2.10. The summed E-state index contributed by atoms with van der Waals surface area (Å²) in [5.74, 6) is -1.46. The molecular weight excluding hydrogens is 478 g/mol. The summed E-state index contributed by atoms with van der Waals surface area (Å²) in [6.45, 7) is -0.541. The molecule has 10 heteroatoms. The second kappa shape index (κ2) is 9.50. The van der Waals surface area contributed by atoms with Crippen LogP contribution >= 0.6 is 11.6 Å². The second-order valence-corrected chi connectivity index (χ2v) is 9.44. The summed E-state index contributed by atoms with van der Waals surface area (Å²) in [6, 6.07) is 20.3. The predicted octanol–water partition coefficient (Wildman–Crippen LogP) is 2.88. The molecule has 0 atom stereocenters. The lowest BCUT2D eigenvalue weighted by Crippen LogP contribution is -2.39. The van der Waals surface area contributed by atoms with Gasteiger partial charge in [0.15, 0.2) is 0 Å². The number of hydrogen-bond acceptors (Lipinski definition) is 5. The van der Waals surface area contributed by atoms with Crippen LogP contribution in [0.2, 0.25) is 5.02 Å². The molecule has 4 rings (SSSR count). The molecule has 4 aromatic rings. The Bertz CT molecular complexity index is 1560. The number of pyridine rings is 1. The molecule has 0 aliphatic heterocycles. The highest BCUT2D eigenvalue weighted by atomic mass is 35.5. The summed E-state index contributed by atoms with van der Waals surface area (Å²) in [6.07, 6.45) is 1.60. The predicted molar refractivity (Wildman–Crippen MR) is 129 cm³/mol. The van der Waals surface area contributed by atoms with Gasteiger partial charge in [-0.2, -0.15) is 0 Å². The molecule has 1 heterocycles. The Labute approximate surface area is 199 Å². The number of nitrogens with one attached hydrogen (secondary N) is 2. The minimum Gasteiger partial charge on any atom is -0.343 e. The number of carbonyl (C=O) groups is 2. The van der Waals surface area contributed by atoms with E-state index in [1.54, 1.807) is 54.7 Å². The fourth-order valence-electron chi connectivity index (χ4n) is 3.28. The standard InChI is InChI=1S/C24H18ClN3O5S/c25-19-8-4-18-14-21(11-7-17(18)13-19)34(32,33)27-22(29)15-26-24(31)16-5-9-20(10-6-16)28-12-2-1-3-23(28)30/h1-14H,15H2,(H,26,31)(H,27,29). The van der Waals surface area contributed by atoms with Crippen LogP contribution in [-0.2, 0) is 14.8 Å².